The van der Waals surface area contributed by atoms with E-state index in [1.807, 2.05) is 13.0 Å². The van der Waals surface area contributed by atoms with Gasteiger partial charge in [0.2, 0.25) is 5.97 Å². The molecule has 0 heterocycles. The lowest BCUT2D eigenvalue weighted by Crippen LogP contribution is -2.60. The van der Waals surface area contributed by atoms with Crippen molar-refractivity contribution in [1.29, 1.82) is 0 Å². The van der Waals surface area contributed by atoms with Gasteiger partial charge in [0.1, 0.15) is 0 Å². The molecule has 0 unspecified atom stereocenters. The minimum absolute atomic E-state index is 0.128. The summed E-state index contributed by atoms with van der Waals surface area (Å²) in [5, 5.41) is 0. The van der Waals surface area contributed by atoms with E-state index >= 15 is 0 Å². The van der Waals surface area contributed by atoms with E-state index in [4.69, 9.17) is 21.6 Å². The van der Waals surface area contributed by atoms with E-state index < -0.39 is 5.97 Å². The Hall–Kier alpha value is -0.203. The molecule has 0 aliphatic carbocycles. The number of hydrogen-bond donors (Lipinski definition) is 3. The maximum atomic E-state index is 5.08. The van der Waals surface area contributed by atoms with Gasteiger partial charge < -0.3 is 4.43 Å². The van der Waals surface area contributed by atoms with E-state index in [-0.39, 0.29) is 9.76 Å². The van der Waals surface area contributed by atoms with Gasteiger partial charge in [-0.05, 0) is 6.92 Å². The standard InChI is InChI=1S/C4H11N3OSi/c1-2-3-9-8-4(5,6)7/h2-3H,5-7H2,1H3. The maximum absolute atomic E-state index is 5.08. The van der Waals surface area contributed by atoms with E-state index in [1.165, 1.54) is 0 Å². The number of allylic oxidation sites excluding steroid dienone is 1. The molecule has 6 N–H and O–H groups in total. The molecule has 2 radical (unpaired) electrons. The molecule has 4 nitrogen and oxygen atoms in total. The minimum Gasteiger partial charge on any atom is -0.371 e. The quantitative estimate of drug-likeness (QED) is 0.338. The van der Waals surface area contributed by atoms with Crippen LogP contribution in [0.25, 0.3) is 0 Å². The molecule has 52 valence electrons. The van der Waals surface area contributed by atoms with Crippen LogP contribution < -0.4 is 17.2 Å². The van der Waals surface area contributed by atoms with Crippen LogP contribution in [0.4, 0.5) is 0 Å². The second kappa shape index (κ2) is 3.75. The van der Waals surface area contributed by atoms with Gasteiger partial charge in [0.05, 0.1) is 0 Å². The lowest BCUT2D eigenvalue weighted by molar-refractivity contribution is 0.0985. The summed E-state index contributed by atoms with van der Waals surface area (Å²) in [6.07, 6.45) is 1.84. The molecular weight excluding hydrogens is 134 g/mol. The fourth-order valence-corrected chi connectivity index (χ4v) is 0.612. The van der Waals surface area contributed by atoms with Gasteiger partial charge in [-0.3, -0.25) is 17.2 Å². The van der Waals surface area contributed by atoms with E-state index in [0.29, 0.717) is 0 Å². The second-order valence-electron chi connectivity index (χ2n) is 1.57. The van der Waals surface area contributed by atoms with Gasteiger partial charge in [-0.2, -0.15) is 0 Å². The van der Waals surface area contributed by atoms with Crippen LogP contribution in [0.15, 0.2) is 11.8 Å². The van der Waals surface area contributed by atoms with Crippen molar-refractivity contribution in [2.24, 2.45) is 17.2 Å². The normalized spacial score (nSPS) is 12.9. The van der Waals surface area contributed by atoms with Crippen molar-refractivity contribution in [1.82, 2.24) is 0 Å². The lowest BCUT2D eigenvalue weighted by atomic mass is 10.8. The van der Waals surface area contributed by atoms with Crippen molar-refractivity contribution in [3.63, 3.8) is 0 Å². The zero-order valence-electron chi connectivity index (χ0n) is 5.29. The molecule has 0 spiro atoms. The molecule has 0 bridgehead atoms. The molecule has 0 saturated carbocycles. The molecule has 0 aromatic rings. The summed E-state index contributed by atoms with van der Waals surface area (Å²) in [5.41, 5.74) is 17.0. The highest BCUT2D eigenvalue weighted by Crippen LogP contribution is 1.79. The average Bonchev–Trinajstić information content (AvgIpc) is 1.63. The van der Waals surface area contributed by atoms with Crippen molar-refractivity contribution < 1.29 is 4.43 Å². The van der Waals surface area contributed by atoms with Gasteiger partial charge in [-0.25, -0.2) is 0 Å². The average molecular weight is 145 g/mol. The highest BCUT2D eigenvalue weighted by molar-refractivity contribution is 6.34. The molecule has 0 aromatic heterocycles. The Morgan fingerprint density at radius 1 is 1.44 bits per heavy atom. The summed E-state index contributed by atoms with van der Waals surface area (Å²) < 4.78 is 4.74. The molecule has 0 aliphatic rings. The molecule has 0 fully saturated rings. The lowest BCUT2D eigenvalue weighted by Gasteiger charge is -2.16. The predicted octanol–water partition coefficient (Wildman–Crippen LogP) is -1.36. The summed E-state index contributed by atoms with van der Waals surface area (Å²) in [5.74, 6) is -1.49. The molecular formula is C4H11N3OSi. The summed E-state index contributed by atoms with van der Waals surface area (Å²) >= 11 is 0. The van der Waals surface area contributed by atoms with Crippen molar-refractivity contribution in [3.8, 4) is 0 Å². The van der Waals surface area contributed by atoms with Gasteiger partial charge in [0.25, 0.3) is 9.76 Å². The third kappa shape index (κ3) is 7.80. The molecule has 0 rings (SSSR count). The Morgan fingerprint density at radius 2 is 2.00 bits per heavy atom. The van der Waals surface area contributed by atoms with Gasteiger partial charge in [0, 0.05) is 0 Å². The third-order valence-corrected chi connectivity index (χ3v) is 1.41. The Morgan fingerprint density at radius 3 is 2.33 bits per heavy atom. The highest BCUT2D eigenvalue weighted by Gasteiger charge is 2.09. The Labute approximate surface area is 57.0 Å². The van der Waals surface area contributed by atoms with Crippen LogP contribution in [0, 0.1) is 0 Å². The maximum Gasteiger partial charge on any atom is 0.266 e. The Kier molecular flexibility index (Phi) is 3.67. The fourth-order valence-electron chi connectivity index (χ4n) is 0.204. The largest absolute Gasteiger partial charge is 0.371 e. The monoisotopic (exact) mass is 145 g/mol. The topological polar surface area (TPSA) is 87.3 Å². The van der Waals surface area contributed by atoms with Crippen LogP contribution >= 0.6 is 0 Å². The fraction of sp³-hybridized carbons (Fsp3) is 0.500. The van der Waals surface area contributed by atoms with Crippen LogP contribution in [0.3, 0.4) is 0 Å². The number of nitrogens with two attached hydrogens (primary N) is 3. The first-order valence-electron chi connectivity index (χ1n) is 2.47. The van der Waals surface area contributed by atoms with Crippen LogP contribution in [0.2, 0.25) is 0 Å². The van der Waals surface area contributed by atoms with Gasteiger partial charge in [0.15, 0.2) is 0 Å². The predicted molar refractivity (Wildman–Crippen MR) is 36.9 cm³/mol. The van der Waals surface area contributed by atoms with Gasteiger partial charge >= 0.3 is 0 Å². The first-order valence-corrected chi connectivity index (χ1v) is 3.46. The van der Waals surface area contributed by atoms with Crippen molar-refractivity contribution in [2.45, 2.75) is 12.9 Å². The molecule has 0 aliphatic heterocycles. The molecule has 0 amide bonds. The summed E-state index contributed by atoms with van der Waals surface area (Å²) in [6.45, 7) is 1.88. The first kappa shape index (κ1) is 8.80. The zero-order valence-corrected chi connectivity index (χ0v) is 6.29. The summed E-state index contributed by atoms with van der Waals surface area (Å²) in [7, 11) is 0.128. The molecule has 0 saturated heterocycles. The SMILES string of the molecule is CC=C[Si]OC(N)(N)N. The molecule has 9 heavy (non-hydrogen) atoms. The van der Waals surface area contributed by atoms with Gasteiger partial charge in [-0.1, -0.05) is 11.8 Å². The molecule has 5 heteroatoms. The van der Waals surface area contributed by atoms with Crippen molar-refractivity contribution in [2.75, 3.05) is 0 Å². The highest BCUT2D eigenvalue weighted by atomic mass is 28.2. The van der Waals surface area contributed by atoms with Crippen LogP contribution in [0.5, 0.6) is 0 Å². The van der Waals surface area contributed by atoms with Crippen molar-refractivity contribution in [3.05, 3.63) is 11.8 Å². The zero-order chi connectivity index (χ0) is 7.33. The Balaban J connectivity index is 3.28. The van der Waals surface area contributed by atoms with Crippen molar-refractivity contribution >= 4 is 9.76 Å². The van der Waals surface area contributed by atoms with Crippen LogP contribution in [0.1, 0.15) is 6.92 Å². The Bertz CT molecular complexity index is 98.5. The minimum atomic E-state index is -1.49. The third-order valence-electron chi connectivity index (χ3n) is 0.470. The number of rotatable bonds is 3. The summed E-state index contributed by atoms with van der Waals surface area (Å²) in [6, 6.07) is 0. The summed E-state index contributed by atoms with van der Waals surface area (Å²) in [4.78, 5) is 0. The van der Waals surface area contributed by atoms with E-state index in [0.717, 1.165) is 0 Å². The molecule has 0 atom stereocenters. The van der Waals surface area contributed by atoms with E-state index in [9.17, 15) is 0 Å². The first-order chi connectivity index (χ1) is 4.06. The smallest absolute Gasteiger partial charge is 0.266 e. The van der Waals surface area contributed by atoms with Crippen LogP contribution in [-0.4, -0.2) is 15.7 Å². The van der Waals surface area contributed by atoms with Gasteiger partial charge in [-0.15, -0.1) is 0 Å². The van der Waals surface area contributed by atoms with Crippen LogP contribution in [-0.2, 0) is 4.43 Å². The second-order valence-corrected chi connectivity index (χ2v) is 2.35. The van der Waals surface area contributed by atoms with E-state index in [1.54, 1.807) is 5.70 Å². The molecule has 0 aromatic carbocycles. The van der Waals surface area contributed by atoms with E-state index in [2.05, 4.69) is 0 Å². The number of hydrogen-bond acceptors (Lipinski definition) is 4.